The number of hydrogen-bond donors (Lipinski definition) is 3. The first kappa shape index (κ1) is 14.5. The second kappa shape index (κ2) is 7.03. The number of carbonyl (C=O) groups is 1. The van der Waals surface area contributed by atoms with Crippen LogP contribution in [0.5, 0.6) is 5.75 Å². The summed E-state index contributed by atoms with van der Waals surface area (Å²) in [7, 11) is 0. The number of rotatable bonds is 8. The van der Waals surface area contributed by atoms with Crippen molar-refractivity contribution in [3.05, 3.63) is 18.2 Å². The Kier molecular flexibility index (Phi) is 5.09. The van der Waals surface area contributed by atoms with Crippen molar-refractivity contribution in [1.82, 2.24) is 5.32 Å². The quantitative estimate of drug-likeness (QED) is 0.636. The molecule has 1 aliphatic carbocycles. The van der Waals surface area contributed by atoms with Crippen LogP contribution in [0, 0.1) is 0 Å². The van der Waals surface area contributed by atoms with Gasteiger partial charge in [-0.2, -0.15) is 0 Å². The molecule has 1 saturated carbocycles. The third kappa shape index (κ3) is 4.99. The van der Waals surface area contributed by atoms with Crippen LogP contribution in [0.1, 0.15) is 32.6 Å². The number of ether oxygens (including phenoxy) is 1. The molecule has 0 unspecified atom stereocenters. The highest BCUT2D eigenvalue weighted by Crippen LogP contribution is 2.23. The predicted octanol–water partition coefficient (Wildman–Crippen LogP) is 2.14. The van der Waals surface area contributed by atoms with E-state index in [4.69, 9.17) is 10.5 Å². The molecular weight excluding hydrogens is 254 g/mol. The normalized spacial score (nSPS) is 13.8. The maximum atomic E-state index is 11.6. The maximum absolute atomic E-state index is 11.6. The Morgan fingerprint density at radius 1 is 1.40 bits per heavy atom. The minimum atomic E-state index is 0.103. The lowest BCUT2D eigenvalue weighted by molar-refractivity contribution is -0.120. The summed E-state index contributed by atoms with van der Waals surface area (Å²) >= 11 is 0. The van der Waals surface area contributed by atoms with Gasteiger partial charge in [0.05, 0.1) is 6.61 Å². The van der Waals surface area contributed by atoms with Crippen LogP contribution in [0.2, 0.25) is 0 Å². The second-order valence-corrected chi connectivity index (χ2v) is 5.16. The molecule has 0 aromatic heterocycles. The Morgan fingerprint density at radius 2 is 2.20 bits per heavy atom. The Labute approximate surface area is 119 Å². The number of benzene rings is 1. The van der Waals surface area contributed by atoms with Crippen LogP contribution < -0.4 is 21.1 Å². The fraction of sp³-hybridized carbons (Fsp3) is 0.533. The van der Waals surface area contributed by atoms with E-state index in [1.54, 1.807) is 6.07 Å². The lowest BCUT2D eigenvalue weighted by Gasteiger charge is -2.11. The molecule has 4 N–H and O–H groups in total. The lowest BCUT2D eigenvalue weighted by atomic mass is 10.2. The highest BCUT2D eigenvalue weighted by Gasteiger charge is 2.22. The van der Waals surface area contributed by atoms with Gasteiger partial charge in [-0.25, -0.2) is 0 Å². The minimum absolute atomic E-state index is 0.103. The van der Waals surface area contributed by atoms with E-state index in [0.29, 0.717) is 31.3 Å². The van der Waals surface area contributed by atoms with Crippen molar-refractivity contribution in [2.24, 2.45) is 0 Å². The maximum Gasteiger partial charge on any atom is 0.221 e. The van der Waals surface area contributed by atoms with Gasteiger partial charge in [0.15, 0.2) is 0 Å². The van der Waals surface area contributed by atoms with E-state index in [1.807, 2.05) is 12.1 Å². The summed E-state index contributed by atoms with van der Waals surface area (Å²) in [6, 6.07) is 5.98. The molecule has 0 aliphatic heterocycles. The molecule has 5 nitrogen and oxygen atoms in total. The first-order chi connectivity index (χ1) is 9.67. The number of carbonyl (C=O) groups excluding carboxylic acids is 1. The second-order valence-electron chi connectivity index (χ2n) is 5.16. The Balaban J connectivity index is 1.78. The Bertz CT molecular complexity index is 458. The molecule has 1 aromatic carbocycles. The minimum Gasteiger partial charge on any atom is -0.493 e. The standard InChI is InChI=1S/C15H23N3O2/c1-2-7-20-14-9-11(16)8-13(10-14)17-6-5-15(19)18-12-3-4-12/h8-10,12,17H,2-7,16H2,1H3,(H,18,19). The van der Waals surface area contributed by atoms with Gasteiger partial charge in [-0.05, 0) is 25.3 Å². The van der Waals surface area contributed by atoms with Crippen LogP contribution in [0.4, 0.5) is 11.4 Å². The molecule has 0 saturated heterocycles. The topological polar surface area (TPSA) is 76.4 Å². The van der Waals surface area contributed by atoms with Crippen molar-refractivity contribution in [1.29, 1.82) is 0 Å². The number of nitrogens with one attached hydrogen (secondary N) is 2. The van der Waals surface area contributed by atoms with Crippen molar-refractivity contribution < 1.29 is 9.53 Å². The van der Waals surface area contributed by atoms with Gasteiger partial charge < -0.3 is 21.1 Å². The van der Waals surface area contributed by atoms with E-state index >= 15 is 0 Å². The molecule has 1 aliphatic rings. The first-order valence-electron chi connectivity index (χ1n) is 7.24. The van der Waals surface area contributed by atoms with Gasteiger partial charge in [-0.3, -0.25) is 4.79 Å². The molecule has 5 heteroatoms. The summed E-state index contributed by atoms with van der Waals surface area (Å²) in [5, 5.41) is 6.17. The molecule has 0 heterocycles. The van der Waals surface area contributed by atoms with Gasteiger partial charge in [-0.15, -0.1) is 0 Å². The smallest absolute Gasteiger partial charge is 0.221 e. The van der Waals surface area contributed by atoms with Crippen molar-refractivity contribution in [2.45, 2.75) is 38.6 Å². The van der Waals surface area contributed by atoms with Crippen LogP contribution in [0.3, 0.4) is 0 Å². The summed E-state index contributed by atoms with van der Waals surface area (Å²) in [6.07, 6.45) is 3.66. The van der Waals surface area contributed by atoms with Gasteiger partial charge in [0.1, 0.15) is 5.75 Å². The van der Waals surface area contributed by atoms with E-state index in [0.717, 1.165) is 30.7 Å². The molecular formula is C15H23N3O2. The first-order valence-corrected chi connectivity index (χ1v) is 7.24. The number of hydrogen-bond acceptors (Lipinski definition) is 4. The van der Waals surface area contributed by atoms with Crippen LogP contribution in [-0.4, -0.2) is 25.1 Å². The third-order valence-electron chi connectivity index (χ3n) is 3.03. The van der Waals surface area contributed by atoms with Crippen LogP contribution >= 0.6 is 0 Å². The van der Waals surface area contributed by atoms with Crippen LogP contribution in [0.25, 0.3) is 0 Å². The number of nitrogens with two attached hydrogens (primary N) is 1. The summed E-state index contributed by atoms with van der Waals surface area (Å²) in [5.41, 5.74) is 7.38. The summed E-state index contributed by atoms with van der Waals surface area (Å²) in [6.45, 7) is 3.33. The monoisotopic (exact) mass is 277 g/mol. The van der Waals surface area contributed by atoms with Crippen LogP contribution in [0.15, 0.2) is 18.2 Å². The van der Waals surface area contributed by atoms with E-state index in [1.165, 1.54) is 0 Å². The summed E-state index contributed by atoms with van der Waals surface area (Å²) < 4.78 is 5.57. The average Bonchev–Trinajstić information content (AvgIpc) is 3.19. The van der Waals surface area contributed by atoms with E-state index in [-0.39, 0.29) is 5.91 Å². The van der Waals surface area contributed by atoms with Gasteiger partial charge in [0.25, 0.3) is 0 Å². The zero-order valence-electron chi connectivity index (χ0n) is 11.9. The molecule has 1 amide bonds. The third-order valence-corrected chi connectivity index (χ3v) is 3.03. The van der Waals surface area contributed by atoms with Crippen molar-refractivity contribution in [2.75, 3.05) is 24.2 Å². The molecule has 1 aromatic rings. The Hall–Kier alpha value is -1.91. The lowest BCUT2D eigenvalue weighted by Crippen LogP contribution is -2.27. The zero-order chi connectivity index (χ0) is 14.4. The molecule has 20 heavy (non-hydrogen) atoms. The average molecular weight is 277 g/mol. The largest absolute Gasteiger partial charge is 0.493 e. The Morgan fingerprint density at radius 3 is 2.90 bits per heavy atom. The zero-order valence-corrected chi connectivity index (χ0v) is 11.9. The van der Waals surface area contributed by atoms with E-state index in [9.17, 15) is 4.79 Å². The van der Waals surface area contributed by atoms with E-state index in [2.05, 4.69) is 17.6 Å². The number of amides is 1. The molecule has 110 valence electrons. The highest BCUT2D eigenvalue weighted by atomic mass is 16.5. The van der Waals surface area contributed by atoms with Crippen molar-refractivity contribution >= 4 is 17.3 Å². The number of nitrogen functional groups attached to an aromatic ring is 1. The fourth-order valence-electron chi connectivity index (χ4n) is 1.88. The molecule has 1 fully saturated rings. The van der Waals surface area contributed by atoms with E-state index < -0.39 is 0 Å². The SMILES string of the molecule is CCCOc1cc(N)cc(NCCC(=O)NC2CC2)c1. The van der Waals surface area contributed by atoms with Crippen molar-refractivity contribution in [3.8, 4) is 5.75 Å². The fourth-order valence-corrected chi connectivity index (χ4v) is 1.88. The van der Waals surface area contributed by atoms with Gasteiger partial charge in [0.2, 0.25) is 5.91 Å². The number of anilines is 2. The van der Waals surface area contributed by atoms with Crippen molar-refractivity contribution in [3.63, 3.8) is 0 Å². The molecule has 2 rings (SSSR count). The highest BCUT2D eigenvalue weighted by molar-refractivity contribution is 5.77. The molecule has 0 spiro atoms. The summed E-state index contributed by atoms with van der Waals surface area (Å²) in [5.74, 6) is 0.864. The molecule has 0 bridgehead atoms. The summed E-state index contributed by atoms with van der Waals surface area (Å²) in [4.78, 5) is 11.6. The van der Waals surface area contributed by atoms with Gasteiger partial charge in [-0.1, -0.05) is 6.92 Å². The molecule has 0 radical (unpaired) electrons. The predicted molar refractivity (Wildman–Crippen MR) is 80.9 cm³/mol. The molecule has 0 atom stereocenters. The van der Waals surface area contributed by atoms with Crippen LogP contribution in [-0.2, 0) is 4.79 Å². The van der Waals surface area contributed by atoms with Gasteiger partial charge >= 0.3 is 0 Å². The van der Waals surface area contributed by atoms with Gasteiger partial charge in [0, 0.05) is 42.5 Å².